The highest BCUT2D eigenvalue weighted by Crippen LogP contribution is 2.11. The molecule has 0 aromatic heterocycles. The molecule has 0 saturated carbocycles. The summed E-state index contributed by atoms with van der Waals surface area (Å²) in [6, 6.07) is 10.6. The highest BCUT2D eigenvalue weighted by molar-refractivity contribution is 5.63. The second-order valence-corrected chi connectivity index (χ2v) is 4.83. The summed E-state index contributed by atoms with van der Waals surface area (Å²) in [6.45, 7) is 0. The maximum Gasteiger partial charge on any atom is 0.0414 e. The standard InChI is InChI=1S/C16H24O2/c17-16(18)14-10-5-3-1-2-4-7-11-15-12-8-6-9-13-15/h6,8-9,12-13H,1-5,7,10-11,14H2,(H,17,18)/p-1. The summed E-state index contributed by atoms with van der Waals surface area (Å²) in [5, 5.41) is 10.2. The van der Waals surface area contributed by atoms with Gasteiger partial charge in [0.2, 0.25) is 0 Å². The summed E-state index contributed by atoms with van der Waals surface area (Å²) >= 11 is 0. The van der Waals surface area contributed by atoms with E-state index in [1.54, 1.807) is 0 Å². The molecule has 1 aromatic carbocycles. The highest BCUT2D eigenvalue weighted by Gasteiger charge is 1.94. The van der Waals surface area contributed by atoms with Crippen molar-refractivity contribution in [1.82, 2.24) is 0 Å². The number of carboxylic acids is 1. The first-order chi connectivity index (χ1) is 8.79. The third kappa shape index (κ3) is 7.88. The molecule has 0 N–H and O–H groups in total. The summed E-state index contributed by atoms with van der Waals surface area (Å²) in [6.07, 6.45) is 9.34. The number of aliphatic carboxylic acids is 1. The van der Waals surface area contributed by atoms with Crippen LogP contribution in [0.1, 0.15) is 56.9 Å². The lowest BCUT2D eigenvalue weighted by atomic mass is 10.0. The van der Waals surface area contributed by atoms with E-state index < -0.39 is 5.97 Å². The van der Waals surface area contributed by atoms with E-state index in [1.807, 2.05) is 0 Å². The quantitative estimate of drug-likeness (QED) is 0.596. The Hall–Kier alpha value is -1.31. The summed E-state index contributed by atoms with van der Waals surface area (Å²) in [5.41, 5.74) is 1.42. The van der Waals surface area contributed by atoms with Crippen molar-refractivity contribution in [2.75, 3.05) is 0 Å². The van der Waals surface area contributed by atoms with Gasteiger partial charge in [0.05, 0.1) is 0 Å². The van der Waals surface area contributed by atoms with Gasteiger partial charge in [-0.05, 0) is 31.2 Å². The number of aryl methyl sites for hydroxylation is 1. The van der Waals surface area contributed by atoms with Crippen LogP contribution in [0.3, 0.4) is 0 Å². The summed E-state index contributed by atoms with van der Waals surface area (Å²) in [4.78, 5) is 10.2. The molecule has 0 aliphatic rings. The predicted molar refractivity (Wildman–Crippen MR) is 72.1 cm³/mol. The molecule has 0 saturated heterocycles. The number of carboxylic acid groups (broad SMARTS) is 1. The van der Waals surface area contributed by atoms with Gasteiger partial charge in [-0.2, -0.15) is 0 Å². The number of carbonyl (C=O) groups is 1. The smallest absolute Gasteiger partial charge is 0.0414 e. The second kappa shape index (κ2) is 9.69. The molecule has 0 unspecified atom stereocenters. The first-order valence-corrected chi connectivity index (χ1v) is 7.03. The SMILES string of the molecule is O=C([O-])CCCCCCCCCc1ccccc1. The Morgan fingerprint density at radius 3 is 2.00 bits per heavy atom. The number of carbonyl (C=O) groups excluding carboxylic acids is 1. The van der Waals surface area contributed by atoms with Crippen molar-refractivity contribution in [3.63, 3.8) is 0 Å². The Labute approximate surface area is 110 Å². The fraction of sp³-hybridized carbons (Fsp3) is 0.562. The van der Waals surface area contributed by atoms with Gasteiger partial charge < -0.3 is 9.90 Å². The van der Waals surface area contributed by atoms with Crippen molar-refractivity contribution in [2.45, 2.75) is 57.8 Å². The topological polar surface area (TPSA) is 40.1 Å². The van der Waals surface area contributed by atoms with E-state index in [-0.39, 0.29) is 6.42 Å². The van der Waals surface area contributed by atoms with Gasteiger partial charge in [-0.15, -0.1) is 0 Å². The third-order valence-corrected chi connectivity index (χ3v) is 3.19. The average Bonchev–Trinajstić information content (AvgIpc) is 2.37. The van der Waals surface area contributed by atoms with Crippen LogP contribution in [0.4, 0.5) is 0 Å². The summed E-state index contributed by atoms with van der Waals surface area (Å²) < 4.78 is 0. The van der Waals surface area contributed by atoms with Crippen LogP contribution >= 0.6 is 0 Å². The molecular formula is C16H23O2-. The van der Waals surface area contributed by atoms with Crippen molar-refractivity contribution >= 4 is 5.97 Å². The molecule has 2 nitrogen and oxygen atoms in total. The highest BCUT2D eigenvalue weighted by atomic mass is 16.4. The Morgan fingerprint density at radius 1 is 0.833 bits per heavy atom. The van der Waals surface area contributed by atoms with E-state index in [2.05, 4.69) is 30.3 Å². The van der Waals surface area contributed by atoms with Gasteiger partial charge in [-0.25, -0.2) is 0 Å². The van der Waals surface area contributed by atoms with Gasteiger partial charge in [-0.3, -0.25) is 0 Å². The maximum absolute atomic E-state index is 10.2. The van der Waals surface area contributed by atoms with Gasteiger partial charge in [-0.1, -0.05) is 62.4 Å². The third-order valence-electron chi connectivity index (χ3n) is 3.19. The van der Waals surface area contributed by atoms with Crippen molar-refractivity contribution in [1.29, 1.82) is 0 Å². The van der Waals surface area contributed by atoms with Crippen molar-refractivity contribution in [3.8, 4) is 0 Å². The van der Waals surface area contributed by atoms with Crippen LogP contribution in [0.2, 0.25) is 0 Å². The Kier molecular flexibility index (Phi) is 7.94. The van der Waals surface area contributed by atoms with Gasteiger partial charge >= 0.3 is 0 Å². The number of hydrogen-bond acceptors (Lipinski definition) is 2. The lowest BCUT2D eigenvalue weighted by molar-refractivity contribution is -0.305. The molecule has 18 heavy (non-hydrogen) atoms. The largest absolute Gasteiger partial charge is 0.550 e. The molecule has 0 atom stereocenters. The molecule has 0 radical (unpaired) electrons. The molecule has 0 spiro atoms. The first-order valence-electron chi connectivity index (χ1n) is 7.03. The van der Waals surface area contributed by atoms with Crippen molar-refractivity contribution in [3.05, 3.63) is 35.9 Å². The summed E-state index contributed by atoms with van der Waals surface area (Å²) in [5.74, 6) is -0.919. The Morgan fingerprint density at radius 2 is 1.39 bits per heavy atom. The van der Waals surface area contributed by atoms with Crippen molar-refractivity contribution in [2.24, 2.45) is 0 Å². The van der Waals surface area contributed by atoms with Crippen molar-refractivity contribution < 1.29 is 9.90 Å². The molecule has 1 aromatic rings. The first kappa shape index (κ1) is 14.7. The molecule has 100 valence electrons. The zero-order valence-corrected chi connectivity index (χ0v) is 11.1. The lowest BCUT2D eigenvalue weighted by Gasteiger charge is -2.03. The minimum Gasteiger partial charge on any atom is -0.550 e. The molecule has 0 aliphatic carbocycles. The Balaban J connectivity index is 1.86. The molecule has 2 heteroatoms. The number of hydrogen-bond donors (Lipinski definition) is 0. The molecule has 0 heterocycles. The average molecular weight is 247 g/mol. The van der Waals surface area contributed by atoms with Gasteiger partial charge in [0.25, 0.3) is 0 Å². The van der Waals surface area contributed by atoms with Gasteiger partial charge in [0.15, 0.2) is 0 Å². The van der Waals surface area contributed by atoms with Crippen LogP contribution in [0, 0.1) is 0 Å². The molecule has 1 rings (SSSR count). The maximum atomic E-state index is 10.2. The molecule has 0 fully saturated rings. The van der Waals surface area contributed by atoms with Gasteiger partial charge in [0, 0.05) is 5.97 Å². The number of unbranched alkanes of at least 4 members (excludes halogenated alkanes) is 6. The van der Waals surface area contributed by atoms with Crippen LogP contribution in [-0.2, 0) is 11.2 Å². The van der Waals surface area contributed by atoms with E-state index in [0.29, 0.717) is 0 Å². The predicted octanol–water partition coefficient (Wildman–Crippen LogP) is 3.10. The van der Waals surface area contributed by atoms with Crippen LogP contribution in [0.15, 0.2) is 30.3 Å². The molecule has 0 bridgehead atoms. The molecule has 0 amide bonds. The van der Waals surface area contributed by atoms with Crippen LogP contribution in [0.5, 0.6) is 0 Å². The van der Waals surface area contributed by atoms with Gasteiger partial charge in [0.1, 0.15) is 0 Å². The fourth-order valence-corrected chi connectivity index (χ4v) is 2.13. The van der Waals surface area contributed by atoms with E-state index in [4.69, 9.17) is 0 Å². The monoisotopic (exact) mass is 247 g/mol. The van der Waals surface area contributed by atoms with Crippen LogP contribution < -0.4 is 5.11 Å². The second-order valence-electron chi connectivity index (χ2n) is 4.83. The zero-order valence-electron chi connectivity index (χ0n) is 11.1. The summed E-state index contributed by atoms with van der Waals surface area (Å²) in [7, 11) is 0. The van der Waals surface area contributed by atoms with Crippen LogP contribution in [0.25, 0.3) is 0 Å². The number of benzene rings is 1. The number of rotatable bonds is 10. The van der Waals surface area contributed by atoms with E-state index in [0.717, 1.165) is 19.3 Å². The Bertz CT molecular complexity index is 319. The minimum absolute atomic E-state index is 0.216. The van der Waals surface area contributed by atoms with Crippen LogP contribution in [-0.4, -0.2) is 5.97 Å². The van der Waals surface area contributed by atoms with E-state index in [9.17, 15) is 9.90 Å². The minimum atomic E-state index is -0.919. The molecular weight excluding hydrogens is 224 g/mol. The zero-order chi connectivity index (χ0) is 13.1. The van der Waals surface area contributed by atoms with E-state index in [1.165, 1.54) is 37.7 Å². The normalized spacial score (nSPS) is 10.4. The molecule has 0 aliphatic heterocycles. The fourth-order valence-electron chi connectivity index (χ4n) is 2.13. The lowest BCUT2D eigenvalue weighted by Crippen LogP contribution is -2.21. The van der Waals surface area contributed by atoms with E-state index >= 15 is 0 Å².